The maximum atomic E-state index is 11.9. The lowest BCUT2D eigenvalue weighted by atomic mass is 10.1. The smallest absolute Gasteiger partial charge is 0.338 e. The van der Waals surface area contributed by atoms with Crippen LogP contribution in [0.1, 0.15) is 48.5 Å². The molecule has 1 fully saturated rings. The van der Waals surface area contributed by atoms with Gasteiger partial charge in [0.05, 0.1) is 5.56 Å². The van der Waals surface area contributed by atoms with Crippen molar-refractivity contribution in [3.63, 3.8) is 0 Å². The van der Waals surface area contributed by atoms with Gasteiger partial charge < -0.3 is 10.1 Å². The molecular weight excluding hydrogens is 254 g/mol. The summed E-state index contributed by atoms with van der Waals surface area (Å²) >= 11 is 0. The number of hydrogen-bond acceptors (Lipinski definition) is 3. The molecule has 1 aromatic carbocycles. The Hall–Kier alpha value is -1.84. The maximum Gasteiger partial charge on any atom is 0.338 e. The van der Waals surface area contributed by atoms with Crippen molar-refractivity contribution < 1.29 is 14.3 Å². The van der Waals surface area contributed by atoms with Crippen LogP contribution in [0.4, 0.5) is 0 Å². The lowest BCUT2D eigenvalue weighted by Gasteiger charge is -2.17. The van der Waals surface area contributed by atoms with Gasteiger partial charge in [-0.15, -0.1) is 0 Å². The first-order valence-electron chi connectivity index (χ1n) is 7.14. The second kappa shape index (κ2) is 6.55. The fourth-order valence-corrected chi connectivity index (χ4v) is 2.44. The van der Waals surface area contributed by atoms with Gasteiger partial charge in [-0.05, 0) is 38.8 Å². The number of aryl methyl sites for hydroxylation is 1. The van der Waals surface area contributed by atoms with Crippen molar-refractivity contribution in [3.8, 4) is 0 Å². The second-order valence-electron chi connectivity index (χ2n) is 5.41. The van der Waals surface area contributed by atoms with E-state index in [1.165, 1.54) is 0 Å². The summed E-state index contributed by atoms with van der Waals surface area (Å²) in [6.45, 7) is 3.52. The first-order chi connectivity index (χ1) is 9.56. The molecule has 0 spiro atoms. The monoisotopic (exact) mass is 275 g/mol. The van der Waals surface area contributed by atoms with Gasteiger partial charge in [0.15, 0.2) is 6.10 Å². The maximum absolute atomic E-state index is 11.9. The molecular formula is C16H21NO3. The van der Waals surface area contributed by atoms with E-state index in [1.807, 2.05) is 13.0 Å². The van der Waals surface area contributed by atoms with Crippen LogP contribution in [0.25, 0.3) is 0 Å². The van der Waals surface area contributed by atoms with E-state index >= 15 is 0 Å². The van der Waals surface area contributed by atoms with E-state index in [-0.39, 0.29) is 11.9 Å². The number of carbonyl (C=O) groups is 2. The Morgan fingerprint density at radius 2 is 2.00 bits per heavy atom. The van der Waals surface area contributed by atoms with Gasteiger partial charge in [0, 0.05) is 6.04 Å². The highest BCUT2D eigenvalue weighted by Crippen LogP contribution is 2.18. The quantitative estimate of drug-likeness (QED) is 0.859. The van der Waals surface area contributed by atoms with E-state index in [9.17, 15) is 9.59 Å². The van der Waals surface area contributed by atoms with E-state index in [1.54, 1.807) is 25.1 Å². The van der Waals surface area contributed by atoms with Gasteiger partial charge >= 0.3 is 5.97 Å². The first-order valence-corrected chi connectivity index (χ1v) is 7.14. The molecule has 1 atom stereocenters. The van der Waals surface area contributed by atoms with Crippen molar-refractivity contribution in [1.82, 2.24) is 5.32 Å². The van der Waals surface area contributed by atoms with Crippen LogP contribution in [-0.4, -0.2) is 24.0 Å². The summed E-state index contributed by atoms with van der Waals surface area (Å²) in [4.78, 5) is 23.9. The third kappa shape index (κ3) is 3.83. The average molecular weight is 275 g/mol. The van der Waals surface area contributed by atoms with Crippen molar-refractivity contribution >= 4 is 11.9 Å². The third-order valence-electron chi connectivity index (χ3n) is 3.61. The van der Waals surface area contributed by atoms with E-state index in [0.29, 0.717) is 5.56 Å². The molecule has 1 aliphatic carbocycles. The Kier molecular flexibility index (Phi) is 4.77. The second-order valence-corrected chi connectivity index (χ2v) is 5.41. The van der Waals surface area contributed by atoms with Crippen molar-refractivity contribution in [1.29, 1.82) is 0 Å². The van der Waals surface area contributed by atoms with Crippen molar-refractivity contribution in [3.05, 3.63) is 35.4 Å². The highest BCUT2D eigenvalue weighted by molar-refractivity contribution is 5.92. The molecule has 2 rings (SSSR count). The molecule has 1 aliphatic rings. The van der Waals surface area contributed by atoms with Gasteiger partial charge in [-0.1, -0.05) is 30.5 Å². The molecule has 0 aromatic heterocycles. The standard InChI is InChI=1S/C16H21NO3/c1-11-6-5-7-13(10-11)16(19)20-12(2)15(18)17-14-8-3-4-9-14/h5-7,10,12,14H,3-4,8-9H2,1-2H3,(H,17,18)/t12-/m0/s1. The summed E-state index contributed by atoms with van der Waals surface area (Å²) in [6, 6.07) is 7.39. The summed E-state index contributed by atoms with van der Waals surface area (Å²) in [7, 11) is 0. The number of benzene rings is 1. The summed E-state index contributed by atoms with van der Waals surface area (Å²) in [5, 5.41) is 2.93. The lowest BCUT2D eigenvalue weighted by molar-refractivity contribution is -0.129. The van der Waals surface area contributed by atoms with Crippen molar-refractivity contribution in [2.75, 3.05) is 0 Å². The van der Waals surface area contributed by atoms with Crippen LogP contribution in [-0.2, 0) is 9.53 Å². The normalized spacial score (nSPS) is 16.7. The summed E-state index contributed by atoms with van der Waals surface area (Å²) < 4.78 is 5.21. The lowest BCUT2D eigenvalue weighted by Crippen LogP contribution is -2.40. The highest BCUT2D eigenvalue weighted by Gasteiger charge is 2.23. The fourth-order valence-electron chi connectivity index (χ4n) is 2.44. The Morgan fingerprint density at radius 1 is 1.30 bits per heavy atom. The van der Waals surface area contributed by atoms with Crippen LogP contribution in [0.2, 0.25) is 0 Å². The van der Waals surface area contributed by atoms with Crippen LogP contribution in [0.15, 0.2) is 24.3 Å². The zero-order valence-corrected chi connectivity index (χ0v) is 12.0. The fraction of sp³-hybridized carbons (Fsp3) is 0.500. The Bertz CT molecular complexity index is 492. The van der Waals surface area contributed by atoms with Gasteiger partial charge in [0.25, 0.3) is 5.91 Å². The van der Waals surface area contributed by atoms with Gasteiger partial charge in [0.1, 0.15) is 0 Å². The van der Waals surface area contributed by atoms with Crippen LogP contribution >= 0.6 is 0 Å². The van der Waals surface area contributed by atoms with Crippen LogP contribution in [0, 0.1) is 6.92 Å². The molecule has 4 heteroatoms. The van der Waals surface area contributed by atoms with E-state index in [4.69, 9.17) is 4.74 Å². The zero-order valence-electron chi connectivity index (χ0n) is 12.0. The van der Waals surface area contributed by atoms with Crippen LogP contribution in [0.5, 0.6) is 0 Å². The molecule has 20 heavy (non-hydrogen) atoms. The number of carbonyl (C=O) groups excluding carboxylic acids is 2. The molecule has 0 radical (unpaired) electrons. The molecule has 1 aromatic rings. The number of nitrogens with one attached hydrogen (secondary N) is 1. The zero-order chi connectivity index (χ0) is 14.5. The van der Waals surface area contributed by atoms with Crippen LogP contribution in [0.3, 0.4) is 0 Å². The Morgan fingerprint density at radius 3 is 2.65 bits per heavy atom. The van der Waals surface area contributed by atoms with Gasteiger partial charge in [-0.3, -0.25) is 4.79 Å². The molecule has 0 unspecified atom stereocenters. The third-order valence-corrected chi connectivity index (χ3v) is 3.61. The largest absolute Gasteiger partial charge is 0.449 e. The van der Waals surface area contributed by atoms with Gasteiger partial charge in [-0.2, -0.15) is 0 Å². The predicted molar refractivity (Wildman–Crippen MR) is 76.5 cm³/mol. The molecule has 108 valence electrons. The van der Waals surface area contributed by atoms with E-state index < -0.39 is 12.1 Å². The van der Waals surface area contributed by atoms with Crippen molar-refractivity contribution in [2.24, 2.45) is 0 Å². The van der Waals surface area contributed by atoms with E-state index in [2.05, 4.69) is 5.32 Å². The SMILES string of the molecule is Cc1cccc(C(=O)O[C@@H](C)C(=O)NC2CCCC2)c1. The molecule has 4 nitrogen and oxygen atoms in total. The molecule has 0 heterocycles. The van der Waals surface area contributed by atoms with Crippen LogP contribution < -0.4 is 5.32 Å². The van der Waals surface area contributed by atoms with Crippen molar-refractivity contribution in [2.45, 2.75) is 51.7 Å². The molecule has 0 saturated heterocycles. The minimum atomic E-state index is -0.761. The van der Waals surface area contributed by atoms with Gasteiger partial charge in [0.2, 0.25) is 0 Å². The Labute approximate surface area is 119 Å². The Balaban J connectivity index is 1.88. The molecule has 1 N–H and O–H groups in total. The topological polar surface area (TPSA) is 55.4 Å². The summed E-state index contributed by atoms with van der Waals surface area (Å²) in [6.07, 6.45) is 3.59. The number of ether oxygens (including phenoxy) is 1. The number of rotatable bonds is 4. The number of hydrogen-bond donors (Lipinski definition) is 1. The minimum Gasteiger partial charge on any atom is -0.449 e. The summed E-state index contributed by atoms with van der Waals surface area (Å²) in [5.74, 6) is -0.666. The highest BCUT2D eigenvalue weighted by atomic mass is 16.5. The molecule has 0 aliphatic heterocycles. The minimum absolute atomic E-state index is 0.210. The number of esters is 1. The molecule has 0 bridgehead atoms. The van der Waals surface area contributed by atoms with Gasteiger partial charge in [-0.25, -0.2) is 4.79 Å². The molecule has 1 saturated carbocycles. The average Bonchev–Trinajstić information content (AvgIpc) is 2.91. The van der Waals surface area contributed by atoms with E-state index in [0.717, 1.165) is 31.2 Å². The molecule has 1 amide bonds. The summed E-state index contributed by atoms with van der Waals surface area (Å²) in [5.41, 5.74) is 1.47. The number of amides is 1. The first kappa shape index (κ1) is 14.6. The predicted octanol–water partition coefficient (Wildman–Crippen LogP) is 2.60.